The van der Waals surface area contributed by atoms with Gasteiger partial charge in [0.15, 0.2) is 6.61 Å². The number of anilines is 1. The van der Waals surface area contributed by atoms with Crippen molar-refractivity contribution in [3.8, 4) is 5.75 Å². The number of rotatable bonds is 11. The molecule has 0 aliphatic heterocycles. The van der Waals surface area contributed by atoms with Crippen molar-refractivity contribution >= 4 is 17.6 Å². The third-order valence-corrected chi connectivity index (χ3v) is 4.43. The fourth-order valence-electron chi connectivity index (χ4n) is 3.04. The minimum atomic E-state index is -0.513. The quantitative estimate of drug-likeness (QED) is 0.401. The Bertz CT molecular complexity index is 857. The molecule has 6 nitrogen and oxygen atoms in total. The van der Waals surface area contributed by atoms with Gasteiger partial charge in [0.05, 0.1) is 12.7 Å². The third-order valence-electron chi connectivity index (χ3n) is 4.43. The number of ether oxygens (including phenoxy) is 3. The van der Waals surface area contributed by atoms with Crippen LogP contribution >= 0.6 is 0 Å². The van der Waals surface area contributed by atoms with Gasteiger partial charge in [0.25, 0.3) is 0 Å². The molecule has 0 aliphatic rings. The number of methoxy groups -OCH3 is 1. The van der Waals surface area contributed by atoms with Crippen LogP contribution in [0, 0.1) is 0 Å². The Morgan fingerprint density at radius 3 is 2.48 bits per heavy atom. The summed E-state index contributed by atoms with van der Waals surface area (Å²) in [6.45, 7) is 6.24. The molecule has 0 unspecified atom stereocenters. The number of unbranched alkanes of at least 4 members (excludes halogenated alkanes) is 2. The van der Waals surface area contributed by atoms with E-state index in [1.165, 1.54) is 12.7 Å². The van der Waals surface area contributed by atoms with E-state index in [-0.39, 0.29) is 18.5 Å². The van der Waals surface area contributed by atoms with Crippen molar-refractivity contribution in [2.24, 2.45) is 0 Å². The molecule has 0 fully saturated rings. The fourth-order valence-corrected chi connectivity index (χ4v) is 3.04. The van der Waals surface area contributed by atoms with E-state index >= 15 is 0 Å². The van der Waals surface area contributed by atoms with Crippen LogP contribution in [0.25, 0.3) is 0 Å². The van der Waals surface area contributed by atoms with Crippen molar-refractivity contribution in [2.75, 3.05) is 25.6 Å². The highest BCUT2D eigenvalue weighted by molar-refractivity contribution is 5.90. The summed E-state index contributed by atoms with van der Waals surface area (Å²) in [5.41, 5.74) is 2.13. The first-order valence-electron chi connectivity index (χ1n) is 10.6. The van der Waals surface area contributed by atoms with Gasteiger partial charge in [-0.25, -0.2) is 9.59 Å². The van der Waals surface area contributed by atoms with Gasteiger partial charge in [-0.2, -0.15) is 0 Å². The molecule has 0 atom stereocenters. The van der Waals surface area contributed by atoms with Crippen LogP contribution in [0.5, 0.6) is 5.75 Å². The molecule has 6 heteroatoms. The number of carbonyl (C=O) groups is 2. The van der Waals surface area contributed by atoms with Gasteiger partial charge in [-0.3, -0.25) is 0 Å². The summed E-state index contributed by atoms with van der Waals surface area (Å²) in [4.78, 5) is 23.4. The first-order chi connectivity index (χ1) is 14.8. The number of aryl methyl sites for hydroxylation is 1. The van der Waals surface area contributed by atoms with E-state index in [0.29, 0.717) is 11.3 Å². The molecule has 0 heterocycles. The van der Waals surface area contributed by atoms with E-state index < -0.39 is 5.60 Å². The van der Waals surface area contributed by atoms with Crippen LogP contribution in [0.1, 0.15) is 56.0 Å². The summed E-state index contributed by atoms with van der Waals surface area (Å²) >= 11 is 0. The van der Waals surface area contributed by atoms with E-state index in [1.807, 2.05) is 51.1 Å². The van der Waals surface area contributed by atoms with Crippen LogP contribution in [0.15, 0.2) is 48.5 Å². The summed E-state index contributed by atoms with van der Waals surface area (Å²) in [6, 6.07) is 15.1. The Kier molecular flexibility index (Phi) is 9.38. The maximum atomic E-state index is 11.8. The van der Waals surface area contributed by atoms with Gasteiger partial charge in [0, 0.05) is 12.2 Å². The molecule has 2 aromatic carbocycles. The molecule has 0 bridgehead atoms. The first kappa shape index (κ1) is 24.3. The molecule has 0 aliphatic carbocycles. The van der Waals surface area contributed by atoms with Gasteiger partial charge in [-0.15, -0.1) is 0 Å². The van der Waals surface area contributed by atoms with Crippen LogP contribution in [0.3, 0.4) is 0 Å². The van der Waals surface area contributed by atoms with Crippen molar-refractivity contribution in [3.05, 3.63) is 59.7 Å². The van der Waals surface area contributed by atoms with Gasteiger partial charge < -0.3 is 19.5 Å². The van der Waals surface area contributed by atoms with Crippen molar-refractivity contribution in [2.45, 2.75) is 52.1 Å². The molecule has 0 saturated heterocycles. The third kappa shape index (κ3) is 9.55. The Labute approximate surface area is 184 Å². The van der Waals surface area contributed by atoms with E-state index in [0.717, 1.165) is 37.9 Å². The zero-order chi connectivity index (χ0) is 22.7. The van der Waals surface area contributed by atoms with Crippen molar-refractivity contribution < 1.29 is 23.8 Å². The summed E-state index contributed by atoms with van der Waals surface area (Å²) < 4.78 is 15.6. The molecule has 0 amide bonds. The lowest BCUT2D eigenvalue weighted by Gasteiger charge is -2.19. The zero-order valence-corrected chi connectivity index (χ0v) is 18.9. The molecule has 31 heavy (non-hydrogen) atoms. The van der Waals surface area contributed by atoms with E-state index in [1.54, 1.807) is 12.1 Å². The highest BCUT2D eigenvalue weighted by Crippen LogP contribution is 2.17. The maximum absolute atomic E-state index is 11.8. The zero-order valence-electron chi connectivity index (χ0n) is 18.9. The van der Waals surface area contributed by atoms with Crippen molar-refractivity contribution in [3.63, 3.8) is 0 Å². The van der Waals surface area contributed by atoms with Crippen LogP contribution < -0.4 is 10.1 Å². The second-order valence-corrected chi connectivity index (χ2v) is 8.33. The van der Waals surface area contributed by atoms with Gasteiger partial charge >= 0.3 is 11.9 Å². The number of carbonyl (C=O) groups excluding carboxylic acids is 2. The molecule has 0 spiro atoms. The number of hydrogen-bond donors (Lipinski definition) is 1. The molecule has 2 rings (SSSR count). The Morgan fingerprint density at radius 1 is 0.968 bits per heavy atom. The molecule has 1 N–H and O–H groups in total. The largest absolute Gasteiger partial charge is 0.482 e. The standard InChI is InChI=1S/C25H33NO5/c1-25(2,3)31-23(27)18-30-22-14-8-11-19(16-22)10-6-5-7-15-26-21-13-9-12-20(17-21)24(28)29-4/h8-9,11-14,16-17,26H,5-7,10,15,18H2,1-4H3. The van der Waals surface area contributed by atoms with Crippen LogP contribution in [0.2, 0.25) is 0 Å². The first-order valence-corrected chi connectivity index (χ1v) is 10.6. The number of benzene rings is 2. The van der Waals surface area contributed by atoms with E-state index in [2.05, 4.69) is 11.4 Å². The lowest BCUT2D eigenvalue weighted by Crippen LogP contribution is -2.27. The van der Waals surface area contributed by atoms with Gasteiger partial charge in [-0.05, 0) is 75.9 Å². The van der Waals surface area contributed by atoms with Gasteiger partial charge in [0.1, 0.15) is 11.4 Å². The Balaban J connectivity index is 1.67. The van der Waals surface area contributed by atoms with Gasteiger partial charge in [-0.1, -0.05) is 24.6 Å². The summed E-state index contributed by atoms with van der Waals surface area (Å²) in [5, 5.41) is 3.34. The maximum Gasteiger partial charge on any atom is 0.344 e. The topological polar surface area (TPSA) is 73.9 Å². The minimum Gasteiger partial charge on any atom is -0.482 e. The second-order valence-electron chi connectivity index (χ2n) is 8.33. The van der Waals surface area contributed by atoms with E-state index in [9.17, 15) is 9.59 Å². The fraction of sp³-hybridized carbons (Fsp3) is 0.440. The van der Waals surface area contributed by atoms with Crippen molar-refractivity contribution in [1.82, 2.24) is 0 Å². The molecule has 0 radical (unpaired) electrons. The summed E-state index contributed by atoms with van der Waals surface area (Å²) in [6.07, 6.45) is 4.10. The Morgan fingerprint density at radius 2 is 1.74 bits per heavy atom. The minimum absolute atomic E-state index is 0.0937. The molecule has 2 aromatic rings. The van der Waals surface area contributed by atoms with Crippen molar-refractivity contribution in [1.29, 1.82) is 0 Å². The molecular weight excluding hydrogens is 394 g/mol. The predicted molar refractivity (Wildman–Crippen MR) is 122 cm³/mol. The number of hydrogen-bond acceptors (Lipinski definition) is 6. The number of nitrogens with one attached hydrogen (secondary N) is 1. The smallest absolute Gasteiger partial charge is 0.344 e. The normalized spacial score (nSPS) is 11.0. The number of esters is 2. The highest BCUT2D eigenvalue weighted by atomic mass is 16.6. The molecule has 168 valence electrons. The summed E-state index contributed by atoms with van der Waals surface area (Å²) in [7, 11) is 1.38. The van der Waals surface area contributed by atoms with Gasteiger partial charge in [0.2, 0.25) is 0 Å². The van der Waals surface area contributed by atoms with Crippen LogP contribution in [-0.2, 0) is 20.7 Å². The Hall–Kier alpha value is -3.02. The van der Waals surface area contributed by atoms with E-state index in [4.69, 9.17) is 14.2 Å². The summed E-state index contributed by atoms with van der Waals surface area (Å²) in [5.74, 6) is -0.0287. The van der Waals surface area contributed by atoms with Crippen LogP contribution in [-0.4, -0.2) is 37.8 Å². The molecule has 0 aromatic heterocycles. The molecule has 0 saturated carbocycles. The predicted octanol–water partition coefficient (Wildman–Crippen LogP) is 5.02. The SMILES string of the molecule is COC(=O)c1cccc(NCCCCCc2cccc(OCC(=O)OC(C)(C)C)c2)c1. The highest BCUT2D eigenvalue weighted by Gasteiger charge is 2.16. The average molecular weight is 428 g/mol. The molecular formula is C25H33NO5. The second kappa shape index (κ2) is 12.0. The lowest BCUT2D eigenvalue weighted by molar-refractivity contribution is -0.157. The average Bonchev–Trinajstić information content (AvgIpc) is 2.73. The lowest BCUT2D eigenvalue weighted by atomic mass is 10.1. The monoisotopic (exact) mass is 427 g/mol. The van der Waals surface area contributed by atoms with Crippen LogP contribution in [0.4, 0.5) is 5.69 Å².